The van der Waals surface area contributed by atoms with E-state index in [1.165, 1.54) is 0 Å². The van der Waals surface area contributed by atoms with E-state index < -0.39 is 8.32 Å². The maximum absolute atomic E-state index is 6.33. The van der Waals surface area contributed by atoms with E-state index in [9.17, 15) is 0 Å². The Morgan fingerprint density at radius 3 is 2.18 bits per heavy atom. The van der Waals surface area contributed by atoms with E-state index in [2.05, 4.69) is 40.8 Å². The number of benzene rings is 1. The average Bonchev–Trinajstić information content (AvgIpc) is 2.15. The maximum Gasteiger partial charge on any atom is 0.192 e. The molecular weight excluding hydrogens is 226 g/mol. The van der Waals surface area contributed by atoms with Crippen LogP contribution in [-0.2, 0) is 4.43 Å². The molecule has 0 saturated carbocycles. The standard InChI is InChI=1S/C14H25NOSi/c1-11(12-9-7-8-10-13(12)15)16-17(5,6)14(2,3)4/h7-11H,15H2,1-6H3. The molecule has 0 amide bonds. The molecule has 3 heteroatoms. The van der Waals surface area contributed by atoms with E-state index >= 15 is 0 Å². The topological polar surface area (TPSA) is 35.2 Å². The number of hydrogen-bond donors (Lipinski definition) is 1. The normalized spacial score (nSPS) is 14.7. The van der Waals surface area contributed by atoms with Crippen LogP contribution in [0.4, 0.5) is 5.69 Å². The molecule has 0 aromatic heterocycles. The number of hydrogen-bond acceptors (Lipinski definition) is 2. The van der Waals surface area contributed by atoms with Crippen molar-refractivity contribution in [2.45, 2.75) is 51.9 Å². The van der Waals surface area contributed by atoms with E-state index in [0.29, 0.717) is 0 Å². The molecule has 1 aromatic carbocycles. The van der Waals surface area contributed by atoms with Crippen molar-refractivity contribution in [3.05, 3.63) is 29.8 Å². The quantitative estimate of drug-likeness (QED) is 0.640. The van der Waals surface area contributed by atoms with Gasteiger partial charge in [0.1, 0.15) is 0 Å². The molecule has 0 spiro atoms. The molecule has 2 N–H and O–H groups in total. The summed E-state index contributed by atoms with van der Waals surface area (Å²) in [6.07, 6.45) is 0.0668. The maximum atomic E-state index is 6.33. The van der Waals surface area contributed by atoms with Gasteiger partial charge < -0.3 is 10.2 Å². The predicted octanol–water partition coefficient (Wildman–Crippen LogP) is 4.35. The molecule has 1 rings (SSSR count). The molecule has 0 saturated heterocycles. The van der Waals surface area contributed by atoms with E-state index in [1.807, 2.05) is 24.3 Å². The molecule has 1 unspecified atom stereocenters. The second-order valence-corrected chi connectivity index (χ2v) is 10.9. The lowest BCUT2D eigenvalue weighted by Gasteiger charge is -2.38. The fourth-order valence-corrected chi connectivity index (χ4v) is 2.93. The minimum absolute atomic E-state index is 0.0668. The molecule has 96 valence electrons. The van der Waals surface area contributed by atoms with Crippen LogP contribution in [0.25, 0.3) is 0 Å². The van der Waals surface area contributed by atoms with Gasteiger partial charge in [0, 0.05) is 11.3 Å². The molecular formula is C14H25NOSi. The van der Waals surface area contributed by atoms with Gasteiger partial charge in [-0.2, -0.15) is 0 Å². The van der Waals surface area contributed by atoms with E-state index in [4.69, 9.17) is 10.2 Å². The third-order valence-electron chi connectivity index (χ3n) is 3.71. The van der Waals surface area contributed by atoms with Crippen molar-refractivity contribution in [3.8, 4) is 0 Å². The summed E-state index contributed by atoms with van der Waals surface area (Å²) in [5.41, 5.74) is 7.90. The predicted molar refractivity (Wildman–Crippen MR) is 77.6 cm³/mol. The van der Waals surface area contributed by atoms with Gasteiger partial charge in [-0.1, -0.05) is 39.0 Å². The Morgan fingerprint density at radius 2 is 1.71 bits per heavy atom. The van der Waals surface area contributed by atoms with Crippen molar-refractivity contribution in [2.24, 2.45) is 0 Å². The molecule has 0 aliphatic rings. The highest BCUT2D eigenvalue weighted by atomic mass is 28.4. The van der Waals surface area contributed by atoms with E-state index in [1.54, 1.807) is 0 Å². The highest BCUT2D eigenvalue weighted by molar-refractivity contribution is 6.74. The van der Waals surface area contributed by atoms with E-state index in [-0.39, 0.29) is 11.1 Å². The monoisotopic (exact) mass is 251 g/mol. The minimum Gasteiger partial charge on any atom is -0.410 e. The Hall–Kier alpha value is -0.803. The van der Waals surface area contributed by atoms with Gasteiger partial charge in [-0.15, -0.1) is 0 Å². The lowest BCUT2D eigenvalue weighted by atomic mass is 10.1. The lowest BCUT2D eigenvalue weighted by molar-refractivity contribution is 0.203. The molecule has 0 aliphatic carbocycles. The van der Waals surface area contributed by atoms with Gasteiger partial charge in [-0.25, -0.2) is 0 Å². The first kappa shape index (κ1) is 14.3. The van der Waals surface area contributed by atoms with Crippen molar-refractivity contribution in [3.63, 3.8) is 0 Å². The van der Waals surface area contributed by atoms with Crippen molar-refractivity contribution >= 4 is 14.0 Å². The average molecular weight is 251 g/mol. The van der Waals surface area contributed by atoms with Crippen LogP contribution in [-0.4, -0.2) is 8.32 Å². The Kier molecular flexibility index (Phi) is 4.05. The van der Waals surface area contributed by atoms with Crippen molar-refractivity contribution in [1.82, 2.24) is 0 Å². The van der Waals surface area contributed by atoms with Gasteiger partial charge in [0.15, 0.2) is 8.32 Å². The number of para-hydroxylation sites is 1. The molecule has 0 heterocycles. The first-order valence-electron chi connectivity index (χ1n) is 6.17. The van der Waals surface area contributed by atoms with Gasteiger partial charge in [-0.05, 0) is 31.1 Å². The highest BCUT2D eigenvalue weighted by Crippen LogP contribution is 2.40. The Bertz CT molecular complexity index is 382. The Balaban J connectivity index is 2.87. The molecule has 1 aromatic rings. The Morgan fingerprint density at radius 1 is 1.18 bits per heavy atom. The number of rotatable bonds is 3. The van der Waals surface area contributed by atoms with Crippen LogP contribution in [0.15, 0.2) is 24.3 Å². The van der Waals surface area contributed by atoms with Crippen LogP contribution in [0, 0.1) is 0 Å². The van der Waals surface area contributed by atoms with Gasteiger partial charge in [0.05, 0.1) is 6.10 Å². The summed E-state index contributed by atoms with van der Waals surface area (Å²) < 4.78 is 6.33. The lowest BCUT2D eigenvalue weighted by Crippen LogP contribution is -2.41. The summed E-state index contributed by atoms with van der Waals surface area (Å²) >= 11 is 0. The molecule has 0 radical (unpaired) electrons. The summed E-state index contributed by atoms with van der Waals surface area (Å²) in [6.45, 7) is 13.4. The third kappa shape index (κ3) is 3.33. The van der Waals surface area contributed by atoms with Gasteiger partial charge in [0.25, 0.3) is 0 Å². The van der Waals surface area contributed by atoms with Crippen molar-refractivity contribution in [1.29, 1.82) is 0 Å². The molecule has 1 atom stereocenters. The van der Waals surface area contributed by atoms with Gasteiger partial charge >= 0.3 is 0 Å². The van der Waals surface area contributed by atoms with Crippen LogP contribution in [0.3, 0.4) is 0 Å². The largest absolute Gasteiger partial charge is 0.410 e. The zero-order valence-corrected chi connectivity index (χ0v) is 12.9. The highest BCUT2D eigenvalue weighted by Gasteiger charge is 2.38. The van der Waals surface area contributed by atoms with Gasteiger partial charge in [0.2, 0.25) is 0 Å². The second-order valence-electron chi connectivity index (χ2n) is 6.15. The van der Waals surface area contributed by atoms with Gasteiger partial charge in [-0.3, -0.25) is 0 Å². The molecule has 17 heavy (non-hydrogen) atoms. The first-order chi connectivity index (χ1) is 7.65. The number of anilines is 1. The summed E-state index contributed by atoms with van der Waals surface area (Å²) in [5.74, 6) is 0. The second kappa shape index (κ2) is 4.82. The van der Waals surface area contributed by atoms with Crippen molar-refractivity contribution in [2.75, 3.05) is 5.73 Å². The van der Waals surface area contributed by atoms with Crippen LogP contribution in [0.1, 0.15) is 39.4 Å². The zero-order chi connectivity index (χ0) is 13.3. The fourth-order valence-electron chi connectivity index (χ4n) is 1.56. The first-order valence-corrected chi connectivity index (χ1v) is 9.08. The van der Waals surface area contributed by atoms with Crippen LogP contribution < -0.4 is 5.73 Å². The third-order valence-corrected chi connectivity index (χ3v) is 8.27. The molecule has 2 nitrogen and oxygen atoms in total. The smallest absolute Gasteiger partial charge is 0.192 e. The van der Waals surface area contributed by atoms with Crippen LogP contribution in [0.2, 0.25) is 18.1 Å². The minimum atomic E-state index is -1.73. The van der Waals surface area contributed by atoms with Crippen LogP contribution in [0.5, 0.6) is 0 Å². The number of nitrogens with two attached hydrogens (primary N) is 1. The summed E-state index contributed by atoms with van der Waals surface area (Å²) in [7, 11) is -1.73. The molecule has 0 bridgehead atoms. The summed E-state index contributed by atoms with van der Waals surface area (Å²) in [6, 6.07) is 7.95. The summed E-state index contributed by atoms with van der Waals surface area (Å²) in [4.78, 5) is 0. The summed E-state index contributed by atoms with van der Waals surface area (Å²) in [5, 5.41) is 0.227. The van der Waals surface area contributed by atoms with Crippen LogP contribution >= 0.6 is 0 Å². The molecule has 0 aliphatic heterocycles. The molecule has 0 fully saturated rings. The number of nitrogen functional groups attached to an aromatic ring is 1. The zero-order valence-electron chi connectivity index (χ0n) is 11.9. The van der Waals surface area contributed by atoms with Crippen molar-refractivity contribution < 1.29 is 4.43 Å². The van der Waals surface area contributed by atoms with E-state index in [0.717, 1.165) is 11.3 Å². The Labute approximate surface area is 106 Å². The SMILES string of the molecule is CC(O[Si](C)(C)C(C)(C)C)c1ccccc1N. The fraction of sp³-hybridized carbons (Fsp3) is 0.571.